The van der Waals surface area contributed by atoms with Crippen LogP contribution in [0.4, 0.5) is 10.2 Å². The van der Waals surface area contributed by atoms with Crippen LogP contribution in [0.5, 0.6) is 0 Å². The summed E-state index contributed by atoms with van der Waals surface area (Å²) in [4.78, 5) is 8.61. The average Bonchev–Trinajstić information content (AvgIpc) is 2.70. The number of hydrogen-bond donors (Lipinski definition) is 1. The molecule has 0 saturated heterocycles. The summed E-state index contributed by atoms with van der Waals surface area (Å²) in [5, 5.41) is 3.21. The minimum absolute atomic E-state index is 0.0350. The molecule has 0 atom stereocenters. The van der Waals surface area contributed by atoms with Crippen molar-refractivity contribution < 1.29 is 12.8 Å². The van der Waals surface area contributed by atoms with E-state index in [-0.39, 0.29) is 16.5 Å². The number of halogens is 1. The topological polar surface area (TPSA) is 72.0 Å². The van der Waals surface area contributed by atoms with Crippen LogP contribution in [0, 0.1) is 5.82 Å². The van der Waals surface area contributed by atoms with Crippen LogP contribution in [0.3, 0.4) is 0 Å². The molecule has 1 N–H and O–H groups in total. The molecule has 3 rings (SSSR count). The summed E-state index contributed by atoms with van der Waals surface area (Å²) in [5.74, 6) is 0.508. The van der Waals surface area contributed by atoms with E-state index in [2.05, 4.69) is 15.3 Å². The van der Waals surface area contributed by atoms with Crippen LogP contribution in [0.1, 0.15) is 12.5 Å². The van der Waals surface area contributed by atoms with Gasteiger partial charge in [-0.15, -0.1) is 0 Å². The van der Waals surface area contributed by atoms with Crippen LogP contribution < -0.4 is 5.32 Å². The summed E-state index contributed by atoms with van der Waals surface area (Å²) >= 11 is 0. The lowest BCUT2D eigenvalue weighted by Crippen LogP contribution is -2.06. The van der Waals surface area contributed by atoms with Crippen LogP contribution in [-0.4, -0.2) is 30.7 Å². The summed E-state index contributed by atoms with van der Waals surface area (Å²) < 4.78 is 36.9. The second-order valence-corrected chi connectivity index (χ2v) is 8.33. The molecule has 7 heteroatoms. The minimum Gasteiger partial charge on any atom is -0.370 e. The molecule has 27 heavy (non-hydrogen) atoms. The van der Waals surface area contributed by atoms with Gasteiger partial charge in [-0.2, -0.15) is 0 Å². The Bertz CT molecular complexity index is 1000. The summed E-state index contributed by atoms with van der Waals surface area (Å²) in [6.07, 6.45) is 5.42. The molecular weight excluding hydrogens is 365 g/mol. The van der Waals surface area contributed by atoms with Crippen molar-refractivity contribution in [2.75, 3.05) is 17.6 Å². The number of aromatic nitrogens is 2. The Balaban J connectivity index is 1.65. The van der Waals surface area contributed by atoms with Crippen LogP contribution in [-0.2, 0) is 16.3 Å². The molecule has 0 saturated carbocycles. The van der Waals surface area contributed by atoms with Crippen LogP contribution in [0.2, 0.25) is 0 Å². The van der Waals surface area contributed by atoms with E-state index in [1.807, 2.05) is 12.1 Å². The van der Waals surface area contributed by atoms with Gasteiger partial charge in [-0.3, -0.25) is 4.98 Å². The minimum atomic E-state index is -3.30. The number of benzene rings is 1. The number of sulfone groups is 1. The predicted octanol–water partition coefficient (Wildman–Crippen LogP) is 3.73. The Morgan fingerprint density at radius 2 is 1.78 bits per heavy atom. The number of rotatable bonds is 7. The molecule has 0 aliphatic heterocycles. The monoisotopic (exact) mass is 385 g/mol. The third-order valence-corrected chi connectivity index (χ3v) is 5.88. The average molecular weight is 385 g/mol. The van der Waals surface area contributed by atoms with Crippen molar-refractivity contribution in [1.29, 1.82) is 0 Å². The maximum Gasteiger partial charge on any atom is 0.179 e. The molecule has 0 amide bonds. The SMILES string of the molecule is CCS(=O)(=O)c1cncc(-c2ccc(NCCc3ccc(F)cc3)nc2)c1. The van der Waals surface area contributed by atoms with Gasteiger partial charge >= 0.3 is 0 Å². The second-order valence-electron chi connectivity index (χ2n) is 6.05. The Labute approximate surface area is 158 Å². The summed E-state index contributed by atoms with van der Waals surface area (Å²) in [5.41, 5.74) is 2.54. The van der Waals surface area contributed by atoms with Crippen molar-refractivity contribution in [3.63, 3.8) is 0 Å². The van der Waals surface area contributed by atoms with Gasteiger partial charge in [0.05, 0.1) is 10.6 Å². The first-order valence-electron chi connectivity index (χ1n) is 8.60. The standard InChI is InChI=1S/C20H20FN3O2S/c1-2-27(25,26)19-11-17(12-22-14-19)16-5-8-20(24-13-16)23-10-9-15-3-6-18(21)7-4-15/h3-8,11-14H,2,9-10H2,1H3,(H,23,24). The highest BCUT2D eigenvalue weighted by atomic mass is 32.2. The Kier molecular flexibility index (Phi) is 5.81. The molecule has 1 aromatic carbocycles. The lowest BCUT2D eigenvalue weighted by atomic mass is 10.1. The largest absolute Gasteiger partial charge is 0.370 e. The van der Waals surface area contributed by atoms with E-state index >= 15 is 0 Å². The Morgan fingerprint density at radius 3 is 2.44 bits per heavy atom. The van der Waals surface area contributed by atoms with Crippen LogP contribution >= 0.6 is 0 Å². The smallest absolute Gasteiger partial charge is 0.179 e. The van der Waals surface area contributed by atoms with E-state index in [1.54, 1.807) is 37.5 Å². The fraction of sp³-hybridized carbons (Fsp3) is 0.200. The lowest BCUT2D eigenvalue weighted by Gasteiger charge is -2.08. The molecule has 0 bridgehead atoms. The van der Waals surface area contributed by atoms with Gasteiger partial charge in [-0.1, -0.05) is 19.1 Å². The molecule has 2 aromatic heterocycles. The van der Waals surface area contributed by atoms with Gasteiger partial charge < -0.3 is 5.32 Å². The number of nitrogens with zero attached hydrogens (tertiary/aromatic N) is 2. The molecule has 3 aromatic rings. The van der Waals surface area contributed by atoms with Crippen LogP contribution in [0.25, 0.3) is 11.1 Å². The third-order valence-electron chi connectivity index (χ3n) is 4.18. The Morgan fingerprint density at radius 1 is 1.00 bits per heavy atom. The highest BCUT2D eigenvalue weighted by Crippen LogP contribution is 2.22. The third kappa shape index (κ3) is 4.89. The van der Waals surface area contributed by atoms with Crippen molar-refractivity contribution in [3.05, 3.63) is 72.4 Å². The summed E-state index contributed by atoms with van der Waals surface area (Å²) in [6, 6.07) is 11.7. The fourth-order valence-corrected chi connectivity index (χ4v) is 3.43. The molecule has 0 radical (unpaired) electrons. The molecule has 2 heterocycles. The van der Waals surface area contributed by atoms with Gasteiger partial charge in [0.1, 0.15) is 11.6 Å². The zero-order chi connectivity index (χ0) is 19.3. The van der Waals surface area contributed by atoms with Gasteiger partial charge in [-0.05, 0) is 42.3 Å². The first-order valence-corrected chi connectivity index (χ1v) is 10.3. The van der Waals surface area contributed by atoms with Gasteiger partial charge in [0, 0.05) is 36.3 Å². The van der Waals surface area contributed by atoms with Gasteiger partial charge in [0.15, 0.2) is 9.84 Å². The molecule has 5 nitrogen and oxygen atoms in total. The lowest BCUT2D eigenvalue weighted by molar-refractivity contribution is 0.597. The fourth-order valence-electron chi connectivity index (χ4n) is 2.57. The number of anilines is 1. The zero-order valence-electron chi connectivity index (χ0n) is 14.9. The normalized spacial score (nSPS) is 11.3. The molecule has 0 fully saturated rings. The molecule has 140 valence electrons. The summed E-state index contributed by atoms with van der Waals surface area (Å²) in [7, 11) is -3.30. The highest BCUT2D eigenvalue weighted by molar-refractivity contribution is 7.91. The molecule has 0 aliphatic rings. The first kappa shape index (κ1) is 19.0. The zero-order valence-corrected chi connectivity index (χ0v) is 15.7. The molecular formula is C20H20FN3O2S. The van der Waals surface area contributed by atoms with Crippen molar-refractivity contribution in [2.24, 2.45) is 0 Å². The maximum absolute atomic E-state index is 12.9. The van der Waals surface area contributed by atoms with Crippen molar-refractivity contribution in [2.45, 2.75) is 18.2 Å². The van der Waals surface area contributed by atoms with Crippen LogP contribution in [0.15, 0.2) is 66.0 Å². The first-order chi connectivity index (χ1) is 13.0. The van der Waals surface area contributed by atoms with E-state index < -0.39 is 9.84 Å². The van der Waals surface area contributed by atoms with Gasteiger partial charge in [-0.25, -0.2) is 17.8 Å². The molecule has 0 spiro atoms. The number of hydrogen-bond acceptors (Lipinski definition) is 5. The van der Waals surface area contributed by atoms with Crippen molar-refractivity contribution in [3.8, 4) is 11.1 Å². The van der Waals surface area contributed by atoms with E-state index in [4.69, 9.17) is 0 Å². The van der Waals surface area contributed by atoms with E-state index in [0.29, 0.717) is 17.9 Å². The highest BCUT2D eigenvalue weighted by Gasteiger charge is 2.13. The van der Waals surface area contributed by atoms with E-state index in [9.17, 15) is 12.8 Å². The van der Waals surface area contributed by atoms with Gasteiger partial charge in [0.25, 0.3) is 0 Å². The predicted molar refractivity (Wildman–Crippen MR) is 104 cm³/mol. The number of nitrogens with one attached hydrogen (secondary N) is 1. The van der Waals surface area contributed by atoms with Crippen molar-refractivity contribution in [1.82, 2.24) is 9.97 Å². The quantitative estimate of drug-likeness (QED) is 0.671. The Hall–Kier alpha value is -2.80. The number of pyridine rings is 2. The molecule has 0 unspecified atom stereocenters. The maximum atomic E-state index is 12.9. The summed E-state index contributed by atoms with van der Waals surface area (Å²) in [6.45, 7) is 2.28. The van der Waals surface area contributed by atoms with Crippen molar-refractivity contribution >= 4 is 15.7 Å². The second kappa shape index (κ2) is 8.26. The van der Waals surface area contributed by atoms with E-state index in [1.165, 1.54) is 18.3 Å². The van der Waals surface area contributed by atoms with Gasteiger partial charge in [0.2, 0.25) is 0 Å². The van der Waals surface area contributed by atoms with E-state index in [0.717, 1.165) is 17.5 Å². The molecule has 0 aliphatic carbocycles.